The molecule has 3 aromatic heterocycles. The average Bonchev–Trinajstić information content (AvgIpc) is 3.45. The lowest BCUT2D eigenvalue weighted by molar-refractivity contribution is -0.0219. The number of hydrogen-bond donors (Lipinski definition) is 2. The first-order chi connectivity index (χ1) is 14.9. The fraction of sp³-hybridized carbons (Fsp3) is 0.545. The first kappa shape index (κ1) is 20.0. The van der Waals surface area contributed by atoms with E-state index in [9.17, 15) is 10.4 Å². The number of anilines is 1. The van der Waals surface area contributed by atoms with Crippen molar-refractivity contribution in [3.05, 3.63) is 30.1 Å². The van der Waals surface area contributed by atoms with Crippen molar-refractivity contribution in [3.8, 4) is 11.9 Å². The number of nitriles is 1. The van der Waals surface area contributed by atoms with Crippen molar-refractivity contribution in [2.45, 2.75) is 51.2 Å². The van der Waals surface area contributed by atoms with Gasteiger partial charge in [0, 0.05) is 24.2 Å². The van der Waals surface area contributed by atoms with Crippen LogP contribution in [0.4, 0.5) is 5.82 Å². The third kappa shape index (κ3) is 3.36. The van der Waals surface area contributed by atoms with Gasteiger partial charge >= 0.3 is 0 Å². The second-order valence-electron chi connectivity index (χ2n) is 9.08. The summed E-state index contributed by atoms with van der Waals surface area (Å²) in [6.45, 7) is 6.11. The highest BCUT2D eigenvalue weighted by Gasteiger charge is 2.42. The lowest BCUT2D eigenvalue weighted by atomic mass is 9.68. The predicted octanol–water partition coefficient (Wildman–Crippen LogP) is 2.66. The summed E-state index contributed by atoms with van der Waals surface area (Å²) >= 11 is 0. The van der Waals surface area contributed by atoms with Gasteiger partial charge in [-0.3, -0.25) is 5.10 Å². The minimum Gasteiger partial charge on any atom is -0.385 e. The summed E-state index contributed by atoms with van der Waals surface area (Å²) in [5, 5.41) is 33.7. The molecule has 2 aliphatic rings. The molecule has 3 aromatic rings. The fourth-order valence-corrected chi connectivity index (χ4v) is 4.72. The SMILES string of the molecule is C[C@@H]1COCCN1c1cc(C2(O)CCC(C)(C#N)CC2)c2cnn(-c3cc[nH]n3)c2n1. The van der Waals surface area contributed by atoms with Crippen molar-refractivity contribution in [1.29, 1.82) is 5.26 Å². The second kappa shape index (κ2) is 7.32. The van der Waals surface area contributed by atoms with Crippen LogP contribution in [0, 0.1) is 16.7 Å². The first-order valence-corrected chi connectivity index (χ1v) is 10.8. The number of aromatic nitrogens is 5. The Balaban J connectivity index is 1.66. The normalized spacial score (nSPS) is 29.2. The molecule has 1 saturated heterocycles. The van der Waals surface area contributed by atoms with Gasteiger partial charge in [-0.15, -0.1) is 0 Å². The Hall–Kier alpha value is -2.96. The molecular weight excluding hydrogens is 394 g/mol. The summed E-state index contributed by atoms with van der Waals surface area (Å²) in [6, 6.07) is 6.45. The fourth-order valence-electron chi connectivity index (χ4n) is 4.72. The monoisotopic (exact) mass is 421 g/mol. The zero-order chi connectivity index (χ0) is 21.6. The summed E-state index contributed by atoms with van der Waals surface area (Å²) in [5.74, 6) is 1.45. The third-order valence-electron chi connectivity index (χ3n) is 6.84. The maximum absolute atomic E-state index is 11.8. The van der Waals surface area contributed by atoms with Crippen molar-refractivity contribution >= 4 is 16.9 Å². The molecule has 4 heterocycles. The van der Waals surface area contributed by atoms with Gasteiger partial charge in [0.15, 0.2) is 11.5 Å². The molecule has 1 atom stereocenters. The van der Waals surface area contributed by atoms with E-state index in [1.54, 1.807) is 17.1 Å². The minimum absolute atomic E-state index is 0.177. The number of aliphatic hydroxyl groups is 1. The zero-order valence-corrected chi connectivity index (χ0v) is 17.9. The van der Waals surface area contributed by atoms with Gasteiger partial charge in [-0.1, -0.05) is 0 Å². The smallest absolute Gasteiger partial charge is 0.177 e. The third-order valence-corrected chi connectivity index (χ3v) is 6.84. The second-order valence-corrected chi connectivity index (χ2v) is 9.08. The molecule has 0 bridgehead atoms. The van der Waals surface area contributed by atoms with Crippen molar-refractivity contribution in [2.24, 2.45) is 5.41 Å². The van der Waals surface area contributed by atoms with E-state index >= 15 is 0 Å². The summed E-state index contributed by atoms with van der Waals surface area (Å²) in [6.07, 6.45) is 5.87. The van der Waals surface area contributed by atoms with Crippen LogP contribution in [0.5, 0.6) is 0 Å². The van der Waals surface area contributed by atoms with E-state index in [1.807, 2.05) is 19.1 Å². The van der Waals surface area contributed by atoms with Gasteiger partial charge in [0.2, 0.25) is 0 Å². The van der Waals surface area contributed by atoms with Crippen LogP contribution in [0.1, 0.15) is 45.1 Å². The Kier molecular flexibility index (Phi) is 4.72. The van der Waals surface area contributed by atoms with Crippen LogP contribution in [0.25, 0.3) is 16.9 Å². The van der Waals surface area contributed by atoms with Gasteiger partial charge in [-0.05, 0) is 51.2 Å². The highest BCUT2D eigenvalue weighted by molar-refractivity contribution is 5.83. The molecular formula is C22H27N7O2. The van der Waals surface area contributed by atoms with Crippen LogP contribution >= 0.6 is 0 Å². The topological polar surface area (TPSA) is 116 Å². The van der Waals surface area contributed by atoms with Crippen molar-refractivity contribution < 1.29 is 9.84 Å². The standard InChI is InChI=1S/C22H27N7O2/c1-15-13-31-10-9-28(15)19-11-17(22(30)6-4-21(2,14-23)5-7-22)16-12-25-29(20(16)26-19)18-3-8-24-27-18/h3,8,11-12,15,30H,4-7,9-10,13H2,1-2H3,(H,24,27)/t15-,21?,22?/m1/s1. The number of rotatable bonds is 3. The highest BCUT2D eigenvalue weighted by Crippen LogP contribution is 2.47. The van der Waals surface area contributed by atoms with Crippen LogP contribution in [-0.4, -0.2) is 55.9 Å². The molecule has 162 valence electrons. The lowest BCUT2D eigenvalue weighted by Gasteiger charge is -2.40. The van der Waals surface area contributed by atoms with E-state index < -0.39 is 5.60 Å². The molecule has 2 fully saturated rings. The summed E-state index contributed by atoms with van der Waals surface area (Å²) in [4.78, 5) is 7.17. The van der Waals surface area contributed by atoms with Crippen LogP contribution in [-0.2, 0) is 10.3 Å². The number of nitrogens with one attached hydrogen (secondary N) is 1. The maximum atomic E-state index is 11.8. The van der Waals surface area contributed by atoms with Crippen LogP contribution in [0.15, 0.2) is 24.5 Å². The molecule has 5 rings (SSSR count). The predicted molar refractivity (Wildman–Crippen MR) is 115 cm³/mol. The highest BCUT2D eigenvalue weighted by atomic mass is 16.5. The van der Waals surface area contributed by atoms with Gasteiger partial charge < -0.3 is 14.7 Å². The number of aromatic amines is 1. The molecule has 0 radical (unpaired) electrons. The lowest BCUT2D eigenvalue weighted by Crippen LogP contribution is -2.44. The molecule has 0 spiro atoms. The number of pyridine rings is 1. The number of hydrogen-bond acceptors (Lipinski definition) is 7. The number of morpholine rings is 1. The minimum atomic E-state index is -1.03. The molecule has 0 aromatic carbocycles. The summed E-state index contributed by atoms with van der Waals surface area (Å²) in [5.41, 5.74) is 0.0775. The van der Waals surface area contributed by atoms with Crippen LogP contribution < -0.4 is 4.90 Å². The molecule has 1 aliphatic carbocycles. The number of ether oxygens (including phenoxy) is 1. The molecule has 2 N–H and O–H groups in total. The molecule has 31 heavy (non-hydrogen) atoms. The van der Waals surface area contributed by atoms with Crippen molar-refractivity contribution in [3.63, 3.8) is 0 Å². The Bertz CT molecular complexity index is 1120. The van der Waals surface area contributed by atoms with Gasteiger partial charge in [0.05, 0.1) is 42.5 Å². The van der Waals surface area contributed by atoms with Crippen LogP contribution in [0.3, 0.4) is 0 Å². The van der Waals surface area contributed by atoms with E-state index in [-0.39, 0.29) is 11.5 Å². The first-order valence-electron chi connectivity index (χ1n) is 10.8. The Morgan fingerprint density at radius 1 is 1.29 bits per heavy atom. The molecule has 9 heteroatoms. The molecule has 1 aliphatic heterocycles. The maximum Gasteiger partial charge on any atom is 0.177 e. The molecule has 9 nitrogen and oxygen atoms in total. The van der Waals surface area contributed by atoms with Gasteiger partial charge in [-0.25, -0.2) is 4.98 Å². The zero-order valence-electron chi connectivity index (χ0n) is 17.9. The van der Waals surface area contributed by atoms with E-state index in [0.29, 0.717) is 50.4 Å². The van der Waals surface area contributed by atoms with Gasteiger partial charge in [0.25, 0.3) is 0 Å². The van der Waals surface area contributed by atoms with Gasteiger partial charge in [0.1, 0.15) is 5.82 Å². The quantitative estimate of drug-likeness (QED) is 0.668. The van der Waals surface area contributed by atoms with Crippen molar-refractivity contribution in [2.75, 3.05) is 24.7 Å². The molecule has 1 saturated carbocycles. The number of fused-ring (bicyclic) bond motifs is 1. The summed E-state index contributed by atoms with van der Waals surface area (Å²) < 4.78 is 7.31. The largest absolute Gasteiger partial charge is 0.385 e. The number of nitrogens with zero attached hydrogens (tertiary/aromatic N) is 6. The van der Waals surface area contributed by atoms with E-state index in [2.05, 4.69) is 33.2 Å². The van der Waals surface area contributed by atoms with Gasteiger partial charge in [-0.2, -0.15) is 20.1 Å². The Morgan fingerprint density at radius 2 is 2.10 bits per heavy atom. The van der Waals surface area contributed by atoms with Crippen molar-refractivity contribution in [1.82, 2.24) is 25.0 Å². The van der Waals surface area contributed by atoms with Crippen LogP contribution in [0.2, 0.25) is 0 Å². The molecule has 0 unspecified atom stereocenters. The molecule has 0 amide bonds. The Morgan fingerprint density at radius 3 is 2.77 bits per heavy atom. The average molecular weight is 422 g/mol. The van der Waals surface area contributed by atoms with E-state index in [0.717, 1.165) is 23.3 Å². The summed E-state index contributed by atoms with van der Waals surface area (Å²) in [7, 11) is 0. The van der Waals surface area contributed by atoms with E-state index in [4.69, 9.17) is 9.72 Å². The van der Waals surface area contributed by atoms with E-state index in [1.165, 1.54) is 0 Å². The number of H-pyrrole nitrogens is 1. The Labute approximate surface area is 180 Å².